The van der Waals surface area contributed by atoms with E-state index < -0.39 is 6.04 Å². The van der Waals surface area contributed by atoms with E-state index in [1.54, 1.807) is 0 Å². The lowest BCUT2D eigenvalue weighted by Crippen LogP contribution is -2.48. The van der Waals surface area contributed by atoms with Gasteiger partial charge in [0, 0.05) is 20.2 Å². The van der Waals surface area contributed by atoms with Gasteiger partial charge in [0.15, 0.2) is 0 Å². The third-order valence-corrected chi connectivity index (χ3v) is 4.85. The summed E-state index contributed by atoms with van der Waals surface area (Å²) in [6.07, 6.45) is 6.14. The number of nitrogens with zero attached hydrogens (tertiary/aromatic N) is 3. The quantitative estimate of drug-likeness (QED) is 0.400. The lowest BCUT2D eigenvalue weighted by Gasteiger charge is -2.31. The van der Waals surface area contributed by atoms with Crippen molar-refractivity contribution in [2.24, 2.45) is 5.92 Å². The third kappa shape index (κ3) is 4.67. The number of hydrogen-bond donors (Lipinski definition) is 1. The topological polar surface area (TPSA) is 90.4 Å². The fourth-order valence-corrected chi connectivity index (χ4v) is 3.64. The Bertz CT molecular complexity index is 453. The van der Waals surface area contributed by atoms with Gasteiger partial charge >= 0.3 is 0 Å². The number of methoxy groups -OCH3 is 1. The SMILES string of the molecule is COCC(=O)N1CCCN1C(=O)CC(CC1CCCC1)N(O)C=O. The van der Waals surface area contributed by atoms with Gasteiger partial charge in [-0.1, -0.05) is 25.7 Å². The molecule has 1 saturated heterocycles. The van der Waals surface area contributed by atoms with Gasteiger partial charge in [-0.2, -0.15) is 0 Å². The highest BCUT2D eigenvalue weighted by atomic mass is 16.5. The van der Waals surface area contributed by atoms with E-state index in [0.717, 1.165) is 25.7 Å². The molecular weight excluding hydrogens is 314 g/mol. The minimum atomic E-state index is -0.543. The Kier molecular flexibility index (Phi) is 6.99. The standard InChI is InChI=1S/C16H27N3O5/c1-24-11-16(22)18-8-4-7-17(18)15(21)10-14(19(23)12-20)9-13-5-2-3-6-13/h12-14,23H,2-11H2,1H3. The summed E-state index contributed by atoms with van der Waals surface area (Å²) in [7, 11) is 1.44. The molecule has 2 rings (SSSR count). The second kappa shape index (κ2) is 8.98. The second-order valence-electron chi connectivity index (χ2n) is 6.55. The zero-order chi connectivity index (χ0) is 17.5. The van der Waals surface area contributed by atoms with Crippen molar-refractivity contribution in [1.82, 2.24) is 15.1 Å². The average Bonchev–Trinajstić information content (AvgIpc) is 3.25. The van der Waals surface area contributed by atoms with Crippen molar-refractivity contribution in [3.8, 4) is 0 Å². The van der Waals surface area contributed by atoms with Gasteiger partial charge in [0.05, 0.1) is 12.5 Å². The van der Waals surface area contributed by atoms with Crippen LogP contribution in [-0.2, 0) is 19.1 Å². The molecule has 2 fully saturated rings. The molecule has 24 heavy (non-hydrogen) atoms. The van der Waals surface area contributed by atoms with Gasteiger partial charge in [-0.25, -0.2) is 10.1 Å². The molecule has 0 aromatic carbocycles. The smallest absolute Gasteiger partial charge is 0.267 e. The minimum absolute atomic E-state index is 0.0164. The van der Waals surface area contributed by atoms with Gasteiger partial charge in [0.25, 0.3) is 5.91 Å². The van der Waals surface area contributed by atoms with Gasteiger partial charge < -0.3 is 4.74 Å². The van der Waals surface area contributed by atoms with E-state index >= 15 is 0 Å². The maximum absolute atomic E-state index is 12.6. The predicted octanol–water partition coefficient (Wildman–Crippen LogP) is 0.795. The Labute approximate surface area is 142 Å². The molecule has 136 valence electrons. The number of ether oxygens (including phenoxy) is 1. The lowest BCUT2D eigenvalue weighted by molar-refractivity contribution is -0.171. The van der Waals surface area contributed by atoms with Gasteiger partial charge in [-0.05, 0) is 18.8 Å². The summed E-state index contributed by atoms with van der Waals surface area (Å²) in [6, 6.07) is -0.543. The first-order valence-electron chi connectivity index (χ1n) is 8.59. The van der Waals surface area contributed by atoms with Gasteiger partial charge in [0.2, 0.25) is 12.3 Å². The molecule has 1 atom stereocenters. The van der Waals surface area contributed by atoms with E-state index in [-0.39, 0.29) is 24.8 Å². The molecule has 1 N–H and O–H groups in total. The largest absolute Gasteiger partial charge is 0.375 e. The molecular formula is C16H27N3O5. The van der Waals surface area contributed by atoms with Crippen molar-refractivity contribution in [2.45, 2.75) is 51.0 Å². The number of rotatable bonds is 8. The van der Waals surface area contributed by atoms with Crippen molar-refractivity contribution in [3.05, 3.63) is 0 Å². The molecule has 1 saturated carbocycles. The maximum atomic E-state index is 12.6. The van der Waals surface area contributed by atoms with Crippen LogP contribution in [0.3, 0.4) is 0 Å². The van der Waals surface area contributed by atoms with Crippen LogP contribution in [0.4, 0.5) is 0 Å². The number of hydrogen-bond acceptors (Lipinski definition) is 5. The lowest BCUT2D eigenvalue weighted by atomic mass is 9.96. The summed E-state index contributed by atoms with van der Waals surface area (Å²) in [5.74, 6) is -0.0741. The summed E-state index contributed by atoms with van der Waals surface area (Å²) in [6.45, 7) is 0.879. The summed E-state index contributed by atoms with van der Waals surface area (Å²) in [5.41, 5.74) is 0. The fraction of sp³-hybridized carbons (Fsp3) is 0.812. The number of carbonyl (C=O) groups excluding carboxylic acids is 3. The minimum Gasteiger partial charge on any atom is -0.375 e. The molecule has 1 aliphatic heterocycles. The first-order valence-corrected chi connectivity index (χ1v) is 8.59. The number of hydroxylamine groups is 2. The third-order valence-electron chi connectivity index (χ3n) is 4.85. The van der Waals surface area contributed by atoms with Crippen LogP contribution < -0.4 is 0 Å². The summed E-state index contributed by atoms with van der Waals surface area (Å²) in [4.78, 5) is 35.6. The van der Waals surface area contributed by atoms with Crippen molar-refractivity contribution in [1.29, 1.82) is 0 Å². The van der Waals surface area contributed by atoms with Crippen LogP contribution in [0.5, 0.6) is 0 Å². The fourth-order valence-electron chi connectivity index (χ4n) is 3.64. The van der Waals surface area contributed by atoms with Gasteiger partial charge in [-0.3, -0.25) is 24.6 Å². The highest BCUT2D eigenvalue weighted by molar-refractivity contribution is 5.83. The van der Waals surface area contributed by atoms with E-state index in [0.29, 0.717) is 43.3 Å². The Morgan fingerprint density at radius 2 is 1.83 bits per heavy atom. The zero-order valence-electron chi connectivity index (χ0n) is 14.2. The molecule has 8 heteroatoms. The van der Waals surface area contributed by atoms with Crippen LogP contribution in [0.1, 0.15) is 44.9 Å². The first kappa shape index (κ1) is 18.7. The Balaban J connectivity index is 1.97. The number of hydrazine groups is 1. The van der Waals surface area contributed by atoms with Gasteiger partial charge in [-0.15, -0.1) is 0 Å². The van der Waals surface area contributed by atoms with Crippen LogP contribution in [0.25, 0.3) is 0 Å². The Morgan fingerprint density at radius 1 is 1.21 bits per heavy atom. The molecule has 1 unspecified atom stereocenters. The molecule has 0 spiro atoms. The van der Waals surface area contributed by atoms with E-state index in [9.17, 15) is 19.6 Å². The molecule has 1 aliphatic carbocycles. The molecule has 3 amide bonds. The molecule has 2 aliphatic rings. The van der Waals surface area contributed by atoms with E-state index in [1.165, 1.54) is 17.1 Å². The molecule has 0 bridgehead atoms. The maximum Gasteiger partial charge on any atom is 0.267 e. The van der Waals surface area contributed by atoms with E-state index in [2.05, 4.69) is 0 Å². The van der Waals surface area contributed by atoms with Crippen LogP contribution in [0.2, 0.25) is 0 Å². The highest BCUT2D eigenvalue weighted by Crippen LogP contribution is 2.30. The monoisotopic (exact) mass is 341 g/mol. The van der Waals surface area contributed by atoms with Crippen molar-refractivity contribution < 1.29 is 24.3 Å². The Hall–Kier alpha value is -1.67. The number of carbonyl (C=O) groups is 3. The van der Waals surface area contributed by atoms with Crippen molar-refractivity contribution in [2.75, 3.05) is 26.8 Å². The van der Waals surface area contributed by atoms with E-state index in [4.69, 9.17) is 4.74 Å². The second-order valence-corrected chi connectivity index (χ2v) is 6.55. The van der Waals surface area contributed by atoms with Crippen LogP contribution >= 0.6 is 0 Å². The Morgan fingerprint density at radius 3 is 2.42 bits per heavy atom. The van der Waals surface area contributed by atoms with Gasteiger partial charge in [0.1, 0.15) is 6.61 Å². The summed E-state index contributed by atoms with van der Waals surface area (Å²) in [5, 5.41) is 13.2. The summed E-state index contributed by atoms with van der Waals surface area (Å²) >= 11 is 0. The van der Waals surface area contributed by atoms with Crippen LogP contribution in [-0.4, -0.2) is 71.4 Å². The molecule has 8 nitrogen and oxygen atoms in total. The summed E-state index contributed by atoms with van der Waals surface area (Å²) < 4.78 is 4.85. The van der Waals surface area contributed by atoms with E-state index in [1.807, 2.05) is 0 Å². The molecule has 0 radical (unpaired) electrons. The highest BCUT2D eigenvalue weighted by Gasteiger charge is 2.33. The first-order chi connectivity index (χ1) is 11.6. The van der Waals surface area contributed by atoms with Crippen LogP contribution in [0, 0.1) is 5.92 Å². The number of amides is 3. The molecule has 0 aromatic rings. The molecule has 0 aromatic heterocycles. The normalized spacial score (nSPS) is 19.6. The predicted molar refractivity (Wildman–Crippen MR) is 84.6 cm³/mol. The van der Waals surface area contributed by atoms with Crippen molar-refractivity contribution in [3.63, 3.8) is 0 Å². The van der Waals surface area contributed by atoms with Crippen LogP contribution in [0.15, 0.2) is 0 Å². The zero-order valence-corrected chi connectivity index (χ0v) is 14.2. The molecule has 1 heterocycles. The van der Waals surface area contributed by atoms with Crippen molar-refractivity contribution >= 4 is 18.2 Å². The average molecular weight is 341 g/mol.